The molecule has 0 aromatic heterocycles. The molecule has 3 atom stereocenters. The molecule has 0 radical (unpaired) electrons. The van der Waals surface area contributed by atoms with E-state index in [2.05, 4.69) is 6.92 Å². The Kier molecular flexibility index (Phi) is 12.3. The summed E-state index contributed by atoms with van der Waals surface area (Å²) in [7, 11) is 0. The van der Waals surface area contributed by atoms with Gasteiger partial charge in [-0.2, -0.15) is 0 Å². The van der Waals surface area contributed by atoms with Crippen LogP contribution < -0.4 is 0 Å². The Bertz CT molecular complexity index is 806. The van der Waals surface area contributed by atoms with Gasteiger partial charge >= 0.3 is 11.9 Å². The molecular formula is C28H38O5. The zero-order valence-corrected chi connectivity index (χ0v) is 20.2. The van der Waals surface area contributed by atoms with Gasteiger partial charge < -0.3 is 14.2 Å². The zero-order chi connectivity index (χ0) is 23.9. The van der Waals surface area contributed by atoms with Crippen LogP contribution in [0, 0.1) is 5.92 Å². The van der Waals surface area contributed by atoms with Gasteiger partial charge in [0, 0.05) is 19.3 Å². The van der Waals surface area contributed by atoms with E-state index in [1.807, 2.05) is 67.6 Å². The molecule has 1 saturated heterocycles. The second kappa shape index (κ2) is 15.2. The SMILES string of the molecule is CC(OC(=O)Cc1ccccc1)c1ccccc1.CCCCCC1COCCC1OC(C)=O. The van der Waals surface area contributed by atoms with Crippen LogP contribution in [-0.2, 0) is 30.2 Å². The van der Waals surface area contributed by atoms with Gasteiger partial charge in [-0.1, -0.05) is 86.8 Å². The van der Waals surface area contributed by atoms with E-state index in [1.165, 1.54) is 26.2 Å². The first kappa shape index (κ1) is 26.6. The maximum absolute atomic E-state index is 11.8. The van der Waals surface area contributed by atoms with Crippen molar-refractivity contribution in [3.8, 4) is 0 Å². The molecule has 1 aliphatic rings. The van der Waals surface area contributed by atoms with Crippen LogP contribution in [0.5, 0.6) is 0 Å². The summed E-state index contributed by atoms with van der Waals surface area (Å²) >= 11 is 0. The highest BCUT2D eigenvalue weighted by molar-refractivity contribution is 5.72. The number of benzene rings is 2. The van der Waals surface area contributed by atoms with Gasteiger partial charge in [-0.05, 0) is 24.5 Å². The Morgan fingerprint density at radius 2 is 1.70 bits per heavy atom. The van der Waals surface area contributed by atoms with E-state index in [0.717, 1.165) is 37.2 Å². The largest absolute Gasteiger partial charge is 0.462 e. The van der Waals surface area contributed by atoms with Crippen LogP contribution in [0.4, 0.5) is 0 Å². The molecule has 5 heteroatoms. The summed E-state index contributed by atoms with van der Waals surface area (Å²) in [6, 6.07) is 19.4. The molecular weight excluding hydrogens is 416 g/mol. The topological polar surface area (TPSA) is 61.8 Å². The molecule has 3 unspecified atom stereocenters. The van der Waals surface area contributed by atoms with Crippen molar-refractivity contribution in [2.24, 2.45) is 5.92 Å². The normalized spacial score (nSPS) is 18.4. The third-order valence-corrected chi connectivity index (χ3v) is 5.67. The summed E-state index contributed by atoms with van der Waals surface area (Å²) in [6.07, 6.45) is 5.87. The molecule has 2 aromatic rings. The number of rotatable bonds is 9. The van der Waals surface area contributed by atoms with Gasteiger partial charge in [-0.15, -0.1) is 0 Å². The average Bonchev–Trinajstić information content (AvgIpc) is 2.81. The Balaban J connectivity index is 0.000000238. The Morgan fingerprint density at radius 3 is 2.33 bits per heavy atom. The van der Waals surface area contributed by atoms with Crippen LogP contribution in [0.15, 0.2) is 60.7 Å². The molecule has 0 spiro atoms. The van der Waals surface area contributed by atoms with E-state index in [1.54, 1.807) is 0 Å². The minimum Gasteiger partial charge on any atom is -0.462 e. The smallest absolute Gasteiger partial charge is 0.310 e. The lowest BCUT2D eigenvalue weighted by Gasteiger charge is -2.30. The van der Waals surface area contributed by atoms with Gasteiger partial charge in [-0.3, -0.25) is 9.59 Å². The Labute approximate surface area is 198 Å². The van der Waals surface area contributed by atoms with Crippen LogP contribution in [0.3, 0.4) is 0 Å². The number of hydrogen-bond acceptors (Lipinski definition) is 5. The highest BCUT2D eigenvalue weighted by Crippen LogP contribution is 2.23. The summed E-state index contributed by atoms with van der Waals surface area (Å²) in [5.41, 5.74) is 1.99. The number of hydrogen-bond donors (Lipinski definition) is 0. The second-order valence-electron chi connectivity index (χ2n) is 8.47. The molecule has 0 bridgehead atoms. The van der Waals surface area contributed by atoms with E-state index in [9.17, 15) is 9.59 Å². The van der Waals surface area contributed by atoms with Crippen molar-refractivity contribution in [2.45, 2.75) is 71.5 Å². The van der Waals surface area contributed by atoms with Crippen LogP contribution in [-0.4, -0.2) is 31.3 Å². The second-order valence-corrected chi connectivity index (χ2v) is 8.47. The molecule has 3 rings (SSSR count). The molecule has 1 fully saturated rings. The van der Waals surface area contributed by atoms with Gasteiger partial charge in [-0.25, -0.2) is 0 Å². The van der Waals surface area contributed by atoms with Gasteiger partial charge in [0.05, 0.1) is 19.6 Å². The molecule has 0 aliphatic carbocycles. The summed E-state index contributed by atoms with van der Waals surface area (Å²) in [5, 5.41) is 0. The highest BCUT2D eigenvalue weighted by Gasteiger charge is 2.27. The molecule has 1 aliphatic heterocycles. The number of carbonyl (C=O) groups is 2. The van der Waals surface area contributed by atoms with Gasteiger partial charge in [0.1, 0.15) is 12.2 Å². The summed E-state index contributed by atoms with van der Waals surface area (Å²) in [4.78, 5) is 22.7. The monoisotopic (exact) mass is 454 g/mol. The first-order chi connectivity index (χ1) is 16.0. The quantitative estimate of drug-likeness (QED) is 0.340. The summed E-state index contributed by atoms with van der Waals surface area (Å²) in [6.45, 7) is 7.04. The van der Waals surface area contributed by atoms with Crippen LogP contribution in [0.2, 0.25) is 0 Å². The van der Waals surface area contributed by atoms with E-state index in [0.29, 0.717) is 12.3 Å². The highest BCUT2D eigenvalue weighted by atomic mass is 16.6. The number of esters is 2. The average molecular weight is 455 g/mol. The Hall–Kier alpha value is -2.66. The maximum Gasteiger partial charge on any atom is 0.310 e. The fourth-order valence-corrected chi connectivity index (χ4v) is 3.86. The molecule has 0 N–H and O–H groups in total. The molecule has 180 valence electrons. The lowest BCUT2D eigenvalue weighted by atomic mass is 9.92. The van der Waals surface area contributed by atoms with Crippen molar-refractivity contribution in [3.05, 3.63) is 71.8 Å². The minimum atomic E-state index is -0.206. The van der Waals surface area contributed by atoms with Crippen molar-refractivity contribution in [1.82, 2.24) is 0 Å². The number of carbonyl (C=O) groups excluding carboxylic acids is 2. The summed E-state index contributed by atoms with van der Waals surface area (Å²) < 4.78 is 16.2. The zero-order valence-electron chi connectivity index (χ0n) is 20.2. The van der Waals surface area contributed by atoms with E-state index < -0.39 is 0 Å². The fourth-order valence-electron chi connectivity index (χ4n) is 3.86. The predicted octanol–water partition coefficient (Wildman–Crippen LogP) is 6.07. The lowest BCUT2D eigenvalue weighted by molar-refractivity contribution is -0.156. The molecule has 0 amide bonds. The number of unbranched alkanes of at least 4 members (excludes halogenated alkanes) is 2. The Morgan fingerprint density at radius 1 is 1.03 bits per heavy atom. The van der Waals surface area contributed by atoms with Gasteiger partial charge in [0.15, 0.2) is 0 Å². The molecule has 5 nitrogen and oxygen atoms in total. The van der Waals surface area contributed by atoms with E-state index in [4.69, 9.17) is 14.2 Å². The minimum absolute atomic E-state index is 0.0908. The maximum atomic E-state index is 11.8. The fraction of sp³-hybridized carbons (Fsp3) is 0.500. The standard InChI is InChI=1S/C16H16O2.C12H22O3/c1-13(15-10-6-3-7-11-15)18-16(17)12-14-8-4-2-5-9-14;1-3-4-5-6-11-9-14-8-7-12(11)15-10(2)13/h2-11,13H,12H2,1H3;11-12H,3-9H2,1-2H3. The van der Waals surface area contributed by atoms with Crippen LogP contribution in [0.25, 0.3) is 0 Å². The van der Waals surface area contributed by atoms with Gasteiger partial charge in [0.25, 0.3) is 0 Å². The van der Waals surface area contributed by atoms with Crippen molar-refractivity contribution < 1.29 is 23.8 Å². The van der Waals surface area contributed by atoms with Crippen molar-refractivity contribution >= 4 is 11.9 Å². The van der Waals surface area contributed by atoms with Crippen LogP contribution in [0.1, 0.15) is 70.1 Å². The first-order valence-electron chi connectivity index (χ1n) is 12.0. The van der Waals surface area contributed by atoms with Crippen molar-refractivity contribution in [3.63, 3.8) is 0 Å². The van der Waals surface area contributed by atoms with E-state index in [-0.39, 0.29) is 24.1 Å². The molecule has 0 saturated carbocycles. The molecule has 33 heavy (non-hydrogen) atoms. The number of ether oxygens (including phenoxy) is 3. The van der Waals surface area contributed by atoms with Crippen molar-refractivity contribution in [2.75, 3.05) is 13.2 Å². The third kappa shape index (κ3) is 10.7. The predicted molar refractivity (Wildman–Crippen MR) is 130 cm³/mol. The first-order valence-corrected chi connectivity index (χ1v) is 12.0. The lowest BCUT2D eigenvalue weighted by Crippen LogP contribution is -2.35. The summed E-state index contributed by atoms with van der Waals surface area (Å²) in [5.74, 6) is 0.0501. The van der Waals surface area contributed by atoms with E-state index >= 15 is 0 Å². The van der Waals surface area contributed by atoms with Gasteiger partial charge in [0.2, 0.25) is 0 Å². The third-order valence-electron chi connectivity index (χ3n) is 5.67. The van der Waals surface area contributed by atoms with Crippen LogP contribution >= 0.6 is 0 Å². The van der Waals surface area contributed by atoms with Crippen molar-refractivity contribution in [1.29, 1.82) is 0 Å². The molecule has 1 heterocycles. The molecule has 2 aromatic carbocycles.